The van der Waals surface area contributed by atoms with Gasteiger partial charge in [0.05, 0.1) is 0 Å². The van der Waals surface area contributed by atoms with E-state index in [1.165, 1.54) is 9.12 Å². The Morgan fingerprint density at radius 3 is 1.47 bits per heavy atom. The first kappa shape index (κ1) is 19.6. The maximum absolute atomic E-state index is 13.5. The van der Waals surface area contributed by atoms with Gasteiger partial charge in [0, 0.05) is 27.8 Å². The molecule has 0 fully saturated rings. The molecule has 1 aliphatic carbocycles. The molecular formula is C26H18O3P+. The molecule has 1 unspecified atom stereocenters. The van der Waals surface area contributed by atoms with Crippen LogP contribution in [0.25, 0.3) is 22.3 Å². The van der Waals surface area contributed by atoms with Crippen molar-refractivity contribution in [2.24, 2.45) is 0 Å². The summed E-state index contributed by atoms with van der Waals surface area (Å²) in [7, 11) is 1.17. The van der Waals surface area contributed by atoms with E-state index in [0.29, 0.717) is 22.3 Å². The van der Waals surface area contributed by atoms with Crippen LogP contribution >= 0.6 is 9.12 Å². The monoisotopic (exact) mass is 409 g/mol. The molecule has 4 heteroatoms. The van der Waals surface area contributed by atoms with E-state index in [9.17, 15) is 9.59 Å². The van der Waals surface area contributed by atoms with Gasteiger partial charge in [-0.05, 0) is 22.8 Å². The van der Waals surface area contributed by atoms with E-state index < -0.39 is 0 Å². The predicted molar refractivity (Wildman–Crippen MR) is 121 cm³/mol. The standard InChI is InChI=1S/C26H16O2.H2OP/c27-25-20-13-7-8-14-21(20)26(28)24-22(25)16-15-19(17-9-3-1-4-10-17)23(24)18-11-5-2-6-12-18;1-2/h1-16H;2H2/q;+1. The van der Waals surface area contributed by atoms with E-state index in [-0.39, 0.29) is 11.6 Å². The van der Waals surface area contributed by atoms with Crippen LogP contribution < -0.4 is 0 Å². The minimum absolute atomic E-state index is 0.0954. The second-order valence-electron chi connectivity index (χ2n) is 6.85. The number of carbonyl (C=O) groups excluding carboxylic acids is 2. The molecule has 0 saturated carbocycles. The largest absolute Gasteiger partial charge is 0.310 e. The third-order valence-corrected chi connectivity index (χ3v) is 5.24. The Bertz CT molecular complexity index is 1250. The highest BCUT2D eigenvalue weighted by Crippen LogP contribution is 2.40. The quantitative estimate of drug-likeness (QED) is 0.336. The maximum atomic E-state index is 13.5. The summed E-state index contributed by atoms with van der Waals surface area (Å²) in [5.74, 6) is -0.191. The Kier molecular flexibility index (Phi) is 5.47. The number of carbonyl (C=O) groups is 2. The molecule has 1 atom stereocenters. The van der Waals surface area contributed by atoms with Crippen LogP contribution in [0.4, 0.5) is 0 Å². The van der Waals surface area contributed by atoms with Crippen LogP contribution in [0.1, 0.15) is 31.8 Å². The topological polar surface area (TPSA) is 51.2 Å². The summed E-state index contributed by atoms with van der Waals surface area (Å²) < 4.78 is 8.17. The summed E-state index contributed by atoms with van der Waals surface area (Å²) in [6.45, 7) is 0. The predicted octanol–water partition coefficient (Wildman–Crippen LogP) is 6.00. The van der Waals surface area contributed by atoms with E-state index in [2.05, 4.69) is 0 Å². The highest BCUT2D eigenvalue weighted by Gasteiger charge is 2.32. The van der Waals surface area contributed by atoms with Crippen LogP contribution in [0.3, 0.4) is 0 Å². The summed E-state index contributed by atoms with van der Waals surface area (Å²) >= 11 is 0. The van der Waals surface area contributed by atoms with E-state index in [1.54, 1.807) is 30.3 Å². The summed E-state index contributed by atoms with van der Waals surface area (Å²) in [6.07, 6.45) is 0. The molecule has 144 valence electrons. The zero-order valence-corrected chi connectivity index (χ0v) is 17.2. The lowest BCUT2D eigenvalue weighted by atomic mass is 9.78. The average molecular weight is 409 g/mol. The number of ketones is 2. The van der Waals surface area contributed by atoms with Gasteiger partial charge in [-0.15, -0.1) is 0 Å². The number of benzene rings is 4. The molecule has 0 bridgehead atoms. The van der Waals surface area contributed by atoms with Crippen molar-refractivity contribution in [2.45, 2.75) is 0 Å². The molecule has 0 N–H and O–H groups in total. The van der Waals surface area contributed by atoms with Crippen molar-refractivity contribution in [1.29, 1.82) is 0 Å². The molecule has 0 saturated heterocycles. The van der Waals surface area contributed by atoms with Gasteiger partial charge in [-0.2, -0.15) is 0 Å². The molecule has 30 heavy (non-hydrogen) atoms. The van der Waals surface area contributed by atoms with Gasteiger partial charge in [-0.1, -0.05) is 95.6 Å². The summed E-state index contributed by atoms with van der Waals surface area (Å²) in [5.41, 5.74) is 5.64. The number of hydrogen-bond donors (Lipinski definition) is 0. The normalized spacial score (nSPS) is 11.7. The summed E-state index contributed by atoms with van der Waals surface area (Å²) in [6, 6.07) is 30.6. The lowest BCUT2D eigenvalue weighted by molar-refractivity contribution is 0.0979. The van der Waals surface area contributed by atoms with Crippen LogP contribution in [0.2, 0.25) is 0 Å². The van der Waals surface area contributed by atoms with Gasteiger partial charge in [0.25, 0.3) is 0 Å². The molecule has 0 aliphatic heterocycles. The van der Waals surface area contributed by atoms with Gasteiger partial charge in [0.1, 0.15) is 0 Å². The first-order valence-electron chi connectivity index (χ1n) is 9.45. The Balaban J connectivity index is 0.00000106. The van der Waals surface area contributed by atoms with E-state index in [4.69, 9.17) is 4.57 Å². The Hall–Kier alpha value is -3.68. The Morgan fingerprint density at radius 2 is 0.867 bits per heavy atom. The van der Waals surface area contributed by atoms with Gasteiger partial charge < -0.3 is 0 Å². The smallest absolute Gasteiger partial charge is 0.289 e. The zero-order valence-electron chi connectivity index (χ0n) is 16.0. The summed E-state index contributed by atoms with van der Waals surface area (Å²) in [4.78, 5) is 26.6. The second-order valence-corrected chi connectivity index (χ2v) is 6.85. The van der Waals surface area contributed by atoms with Crippen LogP contribution in [-0.2, 0) is 4.57 Å². The lowest BCUT2D eigenvalue weighted by Crippen LogP contribution is -2.22. The molecule has 4 aromatic rings. The third kappa shape index (κ3) is 3.20. The van der Waals surface area contributed by atoms with Crippen molar-refractivity contribution in [1.82, 2.24) is 0 Å². The van der Waals surface area contributed by atoms with Gasteiger partial charge in [0.2, 0.25) is 0 Å². The highest BCUT2D eigenvalue weighted by atomic mass is 31.0. The lowest BCUT2D eigenvalue weighted by Gasteiger charge is -2.23. The minimum atomic E-state index is -0.0955. The maximum Gasteiger partial charge on any atom is 0.310 e. The fourth-order valence-electron chi connectivity index (χ4n) is 3.95. The van der Waals surface area contributed by atoms with Gasteiger partial charge in [0.15, 0.2) is 11.6 Å². The first-order chi connectivity index (χ1) is 14.8. The number of hydrogen-bond acceptors (Lipinski definition) is 3. The van der Waals surface area contributed by atoms with E-state index in [1.807, 2.05) is 66.7 Å². The van der Waals surface area contributed by atoms with E-state index >= 15 is 0 Å². The Labute approximate surface area is 176 Å². The van der Waals surface area contributed by atoms with Crippen molar-refractivity contribution in [3.05, 3.63) is 119 Å². The molecule has 0 amide bonds. The van der Waals surface area contributed by atoms with Crippen LogP contribution in [0, 0.1) is 0 Å². The zero-order chi connectivity index (χ0) is 21.1. The second kappa shape index (κ2) is 8.36. The molecule has 1 aliphatic rings. The van der Waals surface area contributed by atoms with Crippen LogP contribution in [-0.4, -0.2) is 11.6 Å². The van der Waals surface area contributed by atoms with Crippen LogP contribution in [0.5, 0.6) is 0 Å². The average Bonchev–Trinajstić information content (AvgIpc) is 2.84. The minimum Gasteiger partial charge on any atom is -0.289 e. The number of rotatable bonds is 2. The molecule has 3 nitrogen and oxygen atoms in total. The van der Waals surface area contributed by atoms with Crippen molar-refractivity contribution >= 4 is 20.7 Å². The highest BCUT2D eigenvalue weighted by molar-refractivity contribution is 7.00. The SMILES string of the molecule is O=C1c2ccccc2C(=O)c2c1ccc(-c1ccccc1)c2-c1ccccc1.O=[PH2+]. The molecule has 0 radical (unpaired) electrons. The van der Waals surface area contributed by atoms with Crippen molar-refractivity contribution in [3.63, 3.8) is 0 Å². The third-order valence-electron chi connectivity index (χ3n) is 5.24. The van der Waals surface area contributed by atoms with Gasteiger partial charge in [-0.3, -0.25) is 9.59 Å². The molecule has 4 aromatic carbocycles. The fraction of sp³-hybridized carbons (Fsp3) is 0. The Morgan fingerprint density at radius 1 is 0.400 bits per heavy atom. The van der Waals surface area contributed by atoms with Crippen molar-refractivity contribution in [3.8, 4) is 22.3 Å². The van der Waals surface area contributed by atoms with Gasteiger partial charge in [-0.25, -0.2) is 0 Å². The number of fused-ring (bicyclic) bond motifs is 2. The molecule has 0 heterocycles. The van der Waals surface area contributed by atoms with E-state index in [0.717, 1.165) is 22.3 Å². The van der Waals surface area contributed by atoms with Crippen molar-refractivity contribution < 1.29 is 14.2 Å². The summed E-state index contributed by atoms with van der Waals surface area (Å²) in [5, 5.41) is 0. The molecule has 0 aromatic heterocycles. The van der Waals surface area contributed by atoms with Crippen LogP contribution in [0.15, 0.2) is 97.1 Å². The van der Waals surface area contributed by atoms with Gasteiger partial charge >= 0.3 is 9.12 Å². The molecule has 5 rings (SSSR count). The van der Waals surface area contributed by atoms with Crippen molar-refractivity contribution in [2.75, 3.05) is 0 Å². The molecular weight excluding hydrogens is 391 g/mol. The fourth-order valence-corrected chi connectivity index (χ4v) is 3.95. The first-order valence-corrected chi connectivity index (χ1v) is 9.92. The molecule has 0 spiro atoms.